The Morgan fingerprint density at radius 1 is 1.44 bits per heavy atom. The third-order valence-electron chi connectivity index (χ3n) is 2.88. The molecule has 0 N–H and O–H groups in total. The second-order valence-corrected chi connectivity index (χ2v) is 4.32. The van der Waals surface area contributed by atoms with Crippen LogP contribution in [-0.4, -0.2) is 10.7 Å². The third-order valence-corrected chi connectivity index (χ3v) is 2.88. The molecule has 0 fully saturated rings. The summed E-state index contributed by atoms with van der Waals surface area (Å²) in [6.45, 7) is 9.44. The van der Waals surface area contributed by atoms with Crippen LogP contribution in [0.4, 0.5) is 4.39 Å². The molecule has 0 bridgehead atoms. The lowest BCUT2D eigenvalue weighted by Crippen LogP contribution is -2.23. The maximum atomic E-state index is 13.1. The zero-order chi connectivity index (χ0) is 13.7. The first-order valence-corrected chi connectivity index (χ1v) is 6.27. The Hall–Kier alpha value is -1.64. The van der Waals surface area contributed by atoms with Gasteiger partial charge in [0.2, 0.25) is 0 Å². The lowest BCUT2D eigenvalue weighted by Gasteiger charge is -2.27. The first-order chi connectivity index (χ1) is 8.51. The molecule has 18 heavy (non-hydrogen) atoms. The molecule has 0 aromatic carbocycles. The molecule has 1 heterocycles. The number of carbonyl (C=O) groups is 1. The molecule has 1 aliphatic heterocycles. The van der Waals surface area contributed by atoms with Gasteiger partial charge in [-0.1, -0.05) is 26.8 Å². The SMILES string of the molecule is C=C1C=C(F)C=CN1/C(C(C)=O)=C(/CC)CCC. The first kappa shape index (κ1) is 14.4. The van der Waals surface area contributed by atoms with Gasteiger partial charge in [0, 0.05) is 18.8 Å². The van der Waals surface area contributed by atoms with Gasteiger partial charge in [-0.3, -0.25) is 4.79 Å². The summed E-state index contributed by atoms with van der Waals surface area (Å²) in [6, 6.07) is 0. The van der Waals surface area contributed by atoms with Crippen LogP contribution in [0.1, 0.15) is 40.0 Å². The Morgan fingerprint density at radius 3 is 2.56 bits per heavy atom. The Kier molecular flexibility index (Phi) is 5.08. The highest BCUT2D eigenvalue weighted by Gasteiger charge is 2.20. The van der Waals surface area contributed by atoms with E-state index in [1.54, 1.807) is 11.1 Å². The van der Waals surface area contributed by atoms with Crippen molar-refractivity contribution in [2.45, 2.75) is 40.0 Å². The van der Waals surface area contributed by atoms with Crippen LogP contribution in [0, 0.1) is 0 Å². The first-order valence-electron chi connectivity index (χ1n) is 6.27. The van der Waals surface area contributed by atoms with Crippen molar-refractivity contribution in [3.8, 4) is 0 Å². The highest BCUT2D eigenvalue weighted by atomic mass is 19.1. The Morgan fingerprint density at radius 2 is 2.11 bits per heavy atom. The van der Waals surface area contributed by atoms with Crippen molar-refractivity contribution in [3.63, 3.8) is 0 Å². The molecule has 0 unspecified atom stereocenters. The fourth-order valence-electron chi connectivity index (χ4n) is 2.09. The fourth-order valence-corrected chi connectivity index (χ4v) is 2.09. The maximum absolute atomic E-state index is 13.1. The van der Waals surface area contributed by atoms with Crippen LogP contribution in [0.2, 0.25) is 0 Å². The minimum Gasteiger partial charge on any atom is -0.314 e. The summed E-state index contributed by atoms with van der Waals surface area (Å²) in [5.41, 5.74) is 2.21. The molecule has 0 saturated carbocycles. The lowest BCUT2D eigenvalue weighted by molar-refractivity contribution is -0.114. The van der Waals surface area contributed by atoms with Crippen LogP contribution in [0.25, 0.3) is 0 Å². The van der Waals surface area contributed by atoms with E-state index >= 15 is 0 Å². The molecule has 3 heteroatoms. The van der Waals surface area contributed by atoms with Gasteiger partial charge in [-0.25, -0.2) is 4.39 Å². The molecule has 0 radical (unpaired) electrons. The number of ketones is 1. The van der Waals surface area contributed by atoms with E-state index in [2.05, 4.69) is 13.5 Å². The predicted octanol–water partition coefficient (Wildman–Crippen LogP) is 4.24. The van der Waals surface area contributed by atoms with Gasteiger partial charge >= 0.3 is 0 Å². The Bertz CT molecular complexity index is 443. The number of Topliss-reactive ketones (excluding diaryl/α,β-unsaturated/α-hetero) is 1. The molecule has 0 amide bonds. The van der Waals surface area contributed by atoms with Gasteiger partial charge in [-0.2, -0.15) is 0 Å². The van der Waals surface area contributed by atoms with Gasteiger partial charge in [-0.05, 0) is 30.6 Å². The van der Waals surface area contributed by atoms with Crippen molar-refractivity contribution < 1.29 is 9.18 Å². The third kappa shape index (κ3) is 3.19. The maximum Gasteiger partial charge on any atom is 0.176 e. The van der Waals surface area contributed by atoms with Crippen LogP contribution in [0.15, 0.2) is 47.7 Å². The normalized spacial score (nSPS) is 16.6. The molecule has 98 valence electrons. The second kappa shape index (κ2) is 6.34. The molecular weight excluding hydrogens is 229 g/mol. The molecule has 2 nitrogen and oxygen atoms in total. The van der Waals surface area contributed by atoms with E-state index in [9.17, 15) is 9.18 Å². The largest absolute Gasteiger partial charge is 0.314 e. The van der Waals surface area contributed by atoms with E-state index in [1.807, 2.05) is 6.92 Å². The topological polar surface area (TPSA) is 20.3 Å². The molecular formula is C15H20FNO. The van der Waals surface area contributed by atoms with Gasteiger partial charge in [0.25, 0.3) is 0 Å². The van der Waals surface area contributed by atoms with E-state index in [0.29, 0.717) is 11.4 Å². The quantitative estimate of drug-likeness (QED) is 0.679. The van der Waals surface area contributed by atoms with Crippen LogP contribution >= 0.6 is 0 Å². The number of hydrogen-bond acceptors (Lipinski definition) is 2. The van der Waals surface area contributed by atoms with Crippen LogP contribution in [0.3, 0.4) is 0 Å². The molecule has 0 aromatic heterocycles. The number of nitrogens with zero attached hydrogens (tertiary/aromatic N) is 1. The molecule has 1 rings (SSSR count). The monoisotopic (exact) mass is 249 g/mol. The molecule has 0 spiro atoms. The molecule has 0 aromatic rings. The molecule has 1 aliphatic rings. The Labute approximate surface area is 108 Å². The van der Waals surface area contributed by atoms with Crippen LogP contribution in [0.5, 0.6) is 0 Å². The number of hydrogen-bond donors (Lipinski definition) is 0. The number of rotatable bonds is 5. The van der Waals surface area contributed by atoms with Crippen LogP contribution < -0.4 is 0 Å². The summed E-state index contributed by atoms with van der Waals surface area (Å²) >= 11 is 0. The fraction of sp³-hybridized carbons (Fsp3) is 0.400. The van der Waals surface area contributed by atoms with Gasteiger partial charge < -0.3 is 4.90 Å². The summed E-state index contributed by atoms with van der Waals surface area (Å²) in [5, 5.41) is 0. The predicted molar refractivity (Wildman–Crippen MR) is 72.2 cm³/mol. The second-order valence-electron chi connectivity index (χ2n) is 4.32. The zero-order valence-electron chi connectivity index (χ0n) is 11.3. The van der Waals surface area contributed by atoms with Gasteiger partial charge in [0.1, 0.15) is 5.83 Å². The van der Waals surface area contributed by atoms with Crippen molar-refractivity contribution >= 4 is 5.78 Å². The van der Waals surface area contributed by atoms with Gasteiger partial charge in [0.15, 0.2) is 5.78 Å². The molecule has 0 saturated heterocycles. The average Bonchev–Trinajstić information content (AvgIpc) is 2.30. The summed E-state index contributed by atoms with van der Waals surface area (Å²) in [6.07, 6.45) is 6.91. The zero-order valence-corrected chi connectivity index (χ0v) is 11.3. The highest BCUT2D eigenvalue weighted by molar-refractivity contribution is 5.94. The summed E-state index contributed by atoms with van der Waals surface area (Å²) in [7, 11) is 0. The summed E-state index contributed by atoms with van der Waals surface area (Å²) in [4.78, 5) is 13.5. The minimum absolute atomic E-state index is 0.0122. The molecule has 0 aliphatic carbocycles. The summed E-state index contributed by atoms with van der Waals surface area (Å²) in [5.74, 6) is -0.352. The molecule has 0 atom stereocenters. The summed E-state index contributed by atoms with van der Waals surface area (Å²) < 4.78 is 13.1. The average molecular weight is 249 g/mol. The van der Waals surface area contributed by atoms with E-state index in [4.69, 9.17) is 0 Å². The van der Waals surface area contributed by atoms with Crippen molar-refractivity contribution in [2.24, 2.45) is 0 Å². The lowest BCUT2D eigenvalue weighted by atomic mass is 10.0. The van der Waals surface area contributed by atoms with Crippen LogP contribution in [-0.2, 0) is 4.79 Å². The van der Waals surface area contributed by atoms with E-state index in [-0.39, 0.29) is 11.6 Å². The van der Waals surface area contributed by atoms with E-state index in [1.165, 1.54) is 19.1 Å². The van der Waals surface area contributed by atoms with Gasteiger partial charge in [0.05, 0.1) is 5.70 Å². The smallest absolute Gasteiger partial charge is 0.176 e. The Balaban J connectivity index is 3.19. The number of allylic oxidation sites excluding steroid dienone is 5. The number of halogens is 1. The van der Waals surface area contributed by atoms with Gasteiger partial charge in [-0.15, -0.1) is 0 Å². The van der Waals surface area contributed by atoms with Crippen molar-refractivity contribution in [2.75, 3.05) is 0 Å². The van der Waals surface area contributed by atoms with Crippen molar-refractivity contribution in [1.82, 2.24) is 4.90 Å². The minimum atomic E-state index is -0.340. The highest BCUT2D eigenvalue weighted by Crippen LogP contribution is 2.27. The van der Waals surface area contributed by atoms with E-state index in [0.717, 1.165) is 24.8 Å². The standard InChI is InChI=1S/C15H20FNO/c1-5-7-13(6-2)15(12(4)18)17-9-8-14(16)10-11(17)3/h8-10H,3,5-7H2,1-2,4H3/b15-13-. The van der Waals surface area contributed by atoms with Crippen molar-refractivity contribution in [3.05, 3.63) is 47.7 Å². The van der Waals surface area contributed by atoms with Crippen molar-refractivity contribution in [1.29, 1.82) is 0 Å². The number of carbonyl (C=O) groups excluding carboxylic acids is 1. The van der Waals surface area contributed by atoms with E-state index < -0.39 is 0 Å².